The summed E-state index contributed by atoms with van der Waals surface area (Å²) in [4.78, 5) is 10.4. The molecule has 0 amide bonds. The van der Waals surface area contributed by atoms with E-state index >= 15 is 0 Å². The van der Waals surface area contributed by atoms with E-state index in [0.717, 1.165) is 12.1 Å². The van der Waals surface area contributed by atoms with Crippen molar-refractivity contribution in [1.29, 1.82) is 0 Å². The molecule has 0 saturated heterocycles. The predicted octanol–water partition coefficient (Wildman–Crippen LogP) is 3.65. The van der Waals surface area contributed by atoms with Gasteiger partial charge in [0.05, 0.1) is 4.92 Å². The van der Waals surface area contributed by atoms with Gasteiger partial charge in [-0.25, -0.2) is 0 Å². The van der Waals surface area contributed by atoms with E-state index in [1.54, 1.807) is 12.1 Å². The lowest BCUT2D eigenvalue weighted by molar-refractivity contribution is -0.384. The summed E-state index contributed by atoms with van der Waals surface area (Å²) in [6, 6.07) is 6.86. The van der Waals surface area contributed by atoms with Crippen molar-refractivity contribution in [2.45, 2.75) is 45.6 Å². The van der Waals surface area contributed by atoms with Crippen LogP contribution in [0.5, 0.6) is 0 Å². The summed E-state index contributed by atoms with van der Waals surface area (Å²) in [7, 11) is 0. The summed E-state index contributed by atoms with van der Waals surface area (Å²) in [6.07, 6.45) is 6.59. The van der Waals surface area contributed by atoms with Crippen molar-refractivity contribution in [3.05, 3.63) is 39.9 Å². The zero-order valence-electron chi connectivity index (χ0n) is 11.5. The summed E-state index contributed by atoms with van der Waals surface area (Å²) in [5.41, 5.74) is 1.55. The minimum Gasteiger partial charge on any atom is -0.312 e. The van der Waals surface area contributed by atoms with Gasteiger partial charge in [0.1, 0.15) is 0 Å². The summed E-state index contributed by atoms with van der Waals surface area (Å²) >= 11 is 0. The number of nitro benzene ring substituents is 1. The quantitative estimate of drug-likeness (QED) is 0.651. The van der Waals surface area contributed by atoms with Crippen LogP contribution in [0.15, 0.2) is 24.3 Å². The molecule has 0 aromatic heterocycles. The highest BCUT2D eigenvalue weighted by Crippen LogP contribution is 2.34. The average molecular weight is 262 g/mol. The first-order chi connectivity index (χ1) is 9.09. The number of non-ortho nitro benzene ring substituents is 1. The Morgan fingerprint density at radius 3 is 2.74 bits per heavy atom. The fourth-order valence-electron chi connectivity index (χ4n) is 2.87. The fraction of sp³-hybridized carbons (Fsp3) is 0.600. The topological polar surface area (TPSA) is 55.2 Å². The molecule has 0 atom stereocenters. The Morgan fingerprint density at radius 2 is 2.05 bits per heavy atom. The highest BCUT2D eigenvalue weighted by molar-refractivity contribution is 5.34. The van der Waals surface area contributed by atoms with Crippen molar-refractivity contribution in [3.8, 4) is 0 Å². The molecule has 0 spiro atoms. The Morgan fingerprint density at radius 1 is 1.32 bits per heavy atom. The minimum atomic E-state index is -0.341. The summed E-state index contributed by atoms with van der Waals surface area (Å²) < 4.78 is 0. The molecule has 2 rings (SSSR count). The van der Waals surface area contributed by atoms with Crippen molar-refractivity contribution < 1.29 is 4.92 Å². The van der Waals surface area contributed by atoms with E-state index < -0.39 is 0 Å². The maximum atomic E-state index is 10.7. The van der Waals surface area contributed by atoms with Crippen molar-refractivity contribution in [3.63, 3.8) is 0 Å². The van der Waals surface area contributed by atoms with Crippen molar-refractivity contribution in [2.75, 3.05) is 6.54 Å². The van der Waals surface area contributed by atoms with Crippen molar-refractivity contribution >= 4 is 5.69 Å². The standard InChI is InChI=1S/C15H22N2O2/c1-15(8-3-2-4-9-15)12-16-11-13-6-5-7-14(10-13)17(18)19/h5-7,10,16H,2-4,8-9,11-12H2,1H3. The second-order valence-electron chi connectivity index (χ2n) is 5.90. The Hall–Kier alpha value is -1.42. The van der Waals surface area contributed by atoms with E-state index in [0.29, 0.717) is 12.0 Å². The van der Waals surface area contributed by atoms with Crippen molar-refractivity contribution in [1.82, 2.24) is 5.32 Å². The van der Waals surface area contributed by atoms with Crippen LogP contribution < -0.4 is 5.32 Å². The van der Waals surface area contributed by atoms with Gasteiger partial charge in [-0.1, -0.05) is 38.3 Å². The van der Waals surface area contributed by atoms with Crippen LogP contribution in [-0.4, -0.2) is 11.5 Å². The molecule has 1 saturated carbocycles. The van der Waals surface area contributed by atoms with Crippen LogP contribution >= 0.6 is 0 Å². The van der Waals surface area contributed by atoms with Gasteiger partial charge in [0, 0.05) is 25.2 Å². The lowest BCUT2D eigenvalue weighted by atomic mass is 9.76. The van der Waals surface area contributed by atoms with Gasteiger partial charge >= 0.3 is 0 Å². The Balaban J connectivity index is 1.85. The Kier molecular flexibility index (Phi) is 4.53. The maximum absolute atomic E-state index is 10.7. The van der Waals surface area contributed by atoms with Gasteiger partial charge in [0.25, 0.3) is 5.69 Å². The number of benzene rings is 1. The highest BCUT2D eigenvalue weighted by Gasteiger charge is 2.25. The van der Waals surface area contributed by atoms with Gasteiger partial charge in [0.2, 0.25) is 0 Å². The monoisotopic (exact) mass is 262 g/mol. The molecule has 0 radical (unpaired) electrons. The van der Waals surface area contributed by atoms with Crippen LogP contribution in [0.25, 0.3) is 0 Å². The molecule has 1 fully saturated rings. The Labute approximate surface area is 114 Å². The number of rotatable bonds is 5. The summed E-state index contributed by atoms with van der Waals surface area (Å²) in [5, 5.41) is 14.2. The average Bonchev–Trinajstić information content (AvgIpc) is 2.39. The van der Waals surface area contributed by atoms with Crippen molar-refractivity contribution in [2.24, 2.45) is 5.41 Å². The molecule has 4 heteroatoms. The van der Waals surface area contributed by atoms with E-state index in [1.807, 2.05) is 6.07 Å². The van der Waals surface area contributed by atoms with Gasteiger partial charge in [-0.15, -0.1) is 0 Å². The molecule has 1 N–H and O–H groups in total. The normalized spacial score (nSPS) is 18.2. The lowest BCUT2D eigenvalue weighted by Gasteiger charge is -2.33. The third-order valence-electron chi connectivity index (χ3n) is 4.06. The van der Waals surface area contributed by atoms with Gasteiger partial charge in [-0.2, -0.15) is 0 Å². The fourth-order valence-corrected chi connectivity index (χ4v) is 2.87. The second-order valence-corrected chi connectivity index (χ2v) is 5.90. The first kappa shape index (κ1) is 14.0. The third-order valence-corrected chi connectivity index (χ3v) is 4.06. The zero-order valence-corrected chi connectivity index (χ0v) is 11.5. The lowest BCUT2D eigenvalue weighted by Crippen LogP contribution is -2.33. The Bertz CT molecular complexity index is 440. The predicted molar refractivity (Wildman–Crippen MR) is 76.0 cm³/mol. The van der Waals surface area contributed by atoms with E-state index in [2.05, 4.69) is 12.2 Å². The molecule has 0 bridgehead atoms. The van der Waals surface area contributed by atoms with Crippen LogP contribution in [0.1, 0.15) is 44.6 Å². The highest BCUT2D eigenvalue weighted by atomic mass is 16.6. The molecule has 19 heavy (non-hydrogen) atoms. The van der Waals surface area contributed by atoms with E-state index in [9.17, 15) is 10.1 Å². The molecular weight excluding hydrogens is 240 g/mol. The maximum Gasteiger partial charge on any atom is 0.269 e. The third kappa shape index (κ3) is 4.03. The molecule has 1 aliphatic rings. The SMILES string of the molecule is CC1(CNCc2cccc([N+](=O)[O-])c2)CCCCC1. The first-order valence-electron chi connectivity index (χ1n) is 7.03. The molecule has 1 aliphatic carbocycles. The molecule has 0 aliphatic heterocycles. The second kappa shape index (κ2) is 6.15. The molecule has 0 heterocycles. The number of hydrogen-bond donors (Lipinski definition) is 1. The minimum absolute atomic E-state index is 0.170. The molecule has 104 valence electrons. The van der Waals surface area contributed by atoms with Crippen LogP contribution in [0.2, 0.25) is 0 Å². The van der Waals surface area contributed by atoms with Gasteiger partial charge in [-0.3, -0.25) is 10.1 Å². The van der Waals surface area contributed by atoms with Crippen LogP contribution in [0.4, 0.5) is 5.69 Å². The van der Waals surface area contributed by atoms with Crippen LogP contribution in [0.3, 0.4) is 0 Å². The molecule has 4 nitrogen and oxygen atoms in total. The molecule has 1 aromatic rings. The van der Waals surface area contributed by atoms with Crippen LogP contribution in [-0.2, 0) is 6.54 Å². The number of nitrogens with zero attached hydrogens (tertiary/aromatic N) is 1. The summed E-state index contributed by atoms with van der Waals surface area (Å²) in [6.45, 7) is 4.04. The van der Waals surface area contributed by atoms with Gasteiger partial charge in [0.15, 0.2) is 0 Å². The molecule has 1 aromatic carbocycles. The zero-order chi connectivity index (χ0) is 13.7. The number of nitro groups is 1. The smallest absolute Gasteiger partial charge is 0.269 e. The van der Waals surface area contributed by atoms with E-state index in [4.69, 9.17) is 0 Å². The first-order valence-corrected chi connectivity index (χ1v) is 7.03. The van der Waals surface area contributed by atoms with E-state index in [1.165, 1.54) is 38.2 Å². The molecule has 0 unspecified atom stereocenters. The molecular formula is C15H22N2O2. The van der Waals surface area contributed by atoms with Gasteiger partial charge in [-0.05, 0) is 23.8 Å². The summed E-state index contributed by atoms with van der Waals surface area (Å²) in [5.74, 6) is 0. The van der Waals surface area contributed by atoms with Gasteiger partial charge < -0.3 is 5.32 Å². The number of hydrogen-bond acceptors (Lipinski definition) is 3. The van der Waals surface area contributed by atoms with Crippen LogP contribution in [0, 0.1) is 15.5 Å². The van der Waals surface area contributed by atoms with E-state index in [-0.39, 0.29) is 10.6 Å². The number of nitrogens with one attached hydrogen (secondary N) is 1. The largest absolute Gasteiger partial charge is 0.312 e.